The summed E-state index contributed by atoms with van der Waals surface area (Å²) >= 11 is 0. The van der Waals surface area contributed by atoms with E-state index in [1.165, 1.54) is 5.56 Å². The van der Waals surface area contributed by atoms with Crippen LogP contribution in [0, 0.1) is 6.92 Å². The highest BCUT2D eigenvalue weighted by Gasteiger charge is 2.08. The fraction of sp³-hybridized carbons (Fsp3) is 0.286. The van der Waals surface area contributed by atoms with Crippen molar-refractivity contribution >= 4 is 11.7 Å². The van der Waals surface area contributed by atoms with Gasteiger partial charge in [0.25, 0.3) is 5.91 Å². The van der Waals surface area contributed by atoms with Gasteiger partial charge in [-0.25, -0.2) is 0 Å². The van der Waals surface area contributed by atoms with E-state index in [-0.39, 0.29) is 5.91 Å². The van der Waals surface area contributed by atoms with Crippen molar-refractivity contribution in [3.8, 4) is 0 Å². The van der Waals surface area contributed by atoms with Crippen LogP contribution >= 0.6 is 0 Å². The lowest BCUT2D eigenvalue weighted by molar-refractivity contribution is 0.102. The number of aromatic amines is 1. The number of H-pyrrole nitrogens is 1. The third kappa shape index (κ3) is 3.42. The Hall–Kier alpha value is -2.14. The van der Waals surface area contributed by atoms with Crippen LogP contribution in [0.15, 0.2) is 30.5 Å². The molecule has 0 fully saturated rings. The first-order valence-electron chi connectivity index (χ1n) is 6.11. The van der Waals surface area contributed by atoms with E-state index in [2.05, 4.69) is 20.4 Å². The van der Waals surface area contributed by atoms with E-state index in [1.807, 2.05) is 45.3 Å². The maximum atomic E-state index is 12.0. The zero-order valence-electron chi connectivity index (χ0n) is 11.4. The molecule has 0 spiro atoms. The molecule has 1 heterocycles. The zero-order valence-corrected chi connectivity index (χ0v) is 11.4. The van der Waals surface area contributed by atoms with Gasteiger partial charge in [-0.15, -0.1) is 0 Å². The van der Waals surface area contributed by atoms with Crippen LogP contribution in [0.5, 0.6) is 0 Å². The van der Waals surface area contributed by atoms with Crippen molar-refractivity contribution in [2.24, 2.45) is 0 Å². The number of hydrogen-bond donors (Lipinski definition) is 2. The maximum Gasteiger partial charge on any atom is 0.256 e. The van der Waals surface area contributed by atoms with E-state index in [0.29, 0.717) is 11.4 Å². The number of aryl methyl sites for hydroxylation is 1. The molecule has 2 aromatic rings. The van der Waals surface area contributed by atoms with Gasteiger partial charge in [0.15, 0.2) is 0 Å². The number of nitrogens with one attached hydrogen (secondary N) is 2. The number of rotatable bonds is 4. The average molecular weight is 258 g/mol. The van der Waals surface area contributed by atoms with Gasteiger partial charge in [0, 0.05) is 17.7 Å². The van der Waals surface area contributed by atoms with Gasteiger partial charge in [-0.1, -0.05) is 12.1 Å². The van der Waals surface area contributed by atoms with Gasteiger partial charge in [0.2, 0.25) is 0 Å². The van der Waals surface area contributed by atoms with Crippen LogP contribution in [-0.2, 0) is 6.54 Å². The normalized spacial score (nSPS) is 10.7. The average Bonchev–Trinajstić information content (AvgIpc) is 2.75. The fourth-order valence-electron chi connectivity index (χ4n) is 1.79. The summed E-state index contributed by atoms with van der Waals surface area (Å²) in [4.78, 5) is 14.1. The zero-order chi connectivity index (χ0) is 13.8. The van der Waals surface area contributed by atoms with Gasteiger partial charge in [0.05, 0.1) is 6.20 Å². The molecule has 100 valence electrons. The fourth-order valence-corrected chi connectivity index (χ4v) is 1.79. The number of carbonyl (C=O) groups is 1. The molecule has 2 rings (SSSR count). The number of amides is 1. The molecule has 1 aromatic heterocycles. The Morgan fingerprint density at radius 2 is 2.00 bits per heavy atom. The minimum absolute atomic E-state index is 0.135. The Balaban J connectivity index is 2.05. The van der Waals surface area contributed by atoms with Crippen LogP contribution in [0.2, 0.25) is 0 Å². The Labute approximate surface area is 112 Å². The van der Waals surface area contributed by atoms with E-state index >= 15 is 0 Å². The third-order valence-corrected chi connectivity index (χ3v) is 2.78. The Kier molecular flexibility index (Phi) is 3.97. The first-order chi connectivity index (χ1) is 9.06. The van der Waals surface area contributed by atoms with Crippen LogP contribution < -0.4 is 5.32 Å². The monoisotopic (exact) mass is 258 g/mol. The predicted octanol–water partition coefficient (Wildman–Crippen LogP) is 2.03. The van der Waals surface area contributed by atoms with Crippen LogP contribution in [0.25, 0.3) is 0 Å². The van der Waals surface area contributed by atoms with Gasteiger partial charge >= 0.3 is 0 Å². The van der Waals surface area contributed by atoms with Crippen molar-refractivity contribution < 1.29 is 4.79 Å². The molecule has 2 N–H and O–H groups in total. The molecule has 5 heteroatoms. The van der Waals surface area contributed by atoms with Crippen LogP contribution in [-0.4, -0.2) is 35.1 Å². The second kappa shape index (κ2) is 5.67. The summed E-state index contributed by atoms with van der Waals surface area (Å²) in [6, 6.07) is 7.60. The number of nitrogens with zero attached hydrogens (tertiary/aromatic N) is 2. The number of benzene rings is 1. The number of hydrogen-bond acceptors (Lipinski definition) is 3. The molecular weight excluding hydrogens is 240 g/mol. The lowest BCUT2D eigenvalue weighted by Crippen LogP contribution is -2.14. The van der Waals surface area contributed by atoms with Crippen molar-refractivity contribution in [1.29, 1.82) is 0 Å². The van der Waals surface area contributed by atoms with Crippen molar-refractivity contribution in [1.82, 2.24) is 15.1 Å². The molecule has 0 bridgehead atoms. The minimum atomic E-state index is -0.135. The molecule has 0 atom stereocenters. The van der Waals surface area contributed by atoms with Gasteiger partial charge in [0.1, 0.15) is 5.82 Å². The molecule has 0 unspecified atom stereocenters. The second-order valence-corrected chi connectivity index (χ2v) is 4.82. The molecule has 0 aliphatic carbocycles. The lowest BCUT2D eigenvalue weighted by atomic mass is 10.1. The van der Waals surface area contributed by atoms with Crippen molar-refractivity contribution in [2.45, 2.75) is 13.5 Å². The molecule has 5 nitrogen and oxygen atoms in total. The predicted molar refractivity (Wildman–Crippen MR) is 75.1 cm³/mol. The van der Waals surface area contributed by atoms with Crippen molar-refractivity contribution in [3.05, 3.63) is 47.2 Å². The summed E-state index contributed by atoms with van der Waals surface area (Å²) in [5, 5.41) is 9.42. The molecule has 0 radical (unpaired) electrons. The third-order valence-electron chi connectivity index (χ3n) is 2.78. The summed E-state index contributed by atoms with van der Waals surface area (Å²) < 4.78 is 0. The summed E-state index contributed by atoms with van der Waals surface area (Å²) in [5.41, 5.74) is 2.73. The molecule has 0 saturated carbocycles. The molecular formula is C14H18N4O. The van der Waals surface area contributed by atoms with Crippen LogP contribution in [0.4, 0.5) is 5.82 Å². The first kappa shape index (κ1) is 13.3. The summed E-state index contributed by atoms with van der Waals surface area (Å²) in [6.07, 6.45) is 1.68. The standard InChI is InChI=1S/C14H18N4O/c1-10-8-15-17-13(10)16-14(19)12-6-4-11(5-7-12)9-18(2)3/h4-8H,9H2,1-3H3,(H2,15,16,17,19). The van der Waals surface area contributed by atoms with Crippen LogP contribution in [0.1, 0.15) is 21.5 Å². The largest absolute Gasteiger partial charge is 0.307 e. The topological polar surface area (TPSA) is 61.0 Å². The van der Waals surface area contributed by atoms with E-state index in [4.69, 9.17) is 0 Å². The summed E-state index contributed by atoms with van der Waals surface area (Å²) in [5.74, 6) is 0.506. The molecule has 0 aliphatic heterocycles. The van der Waals surface area contributed by atoms with Crippen molar-refractivity contribution in [2.75, 3.05) is 19.4 Å². The highest BCUT2D eigenvalue weighted by molar-refractivity contribution is 6.04. The SMILES string of the molecule is Cc1cn[nH]c1NC(=O)c1ccc(CN(C)C)cc1. The maximum absolute atomic E-state index is 12.0. The molecule has 0 aliphatic rings. The van der Waals surface area contributed by atoms with E-state index in [1.54, 1.807) is 6.20 Å². The molecule has 1 aromatic carbocycles. The summed E-state index contributed by atoms with van der Waals surface area (Å²) in [7, 11) is 4.03. The number of anilines is 1. The van der Waals surface area contributed by atoms with Gasteiger partial charge in [-0.3, -0.25) is 9.89 Å². The molecule has 1 amide bonds. The first-order valence-corrected chi connectivity index (χ1v) is 6.11. The van der Waals surface area contributed by atoms with E-state index in [0.717, 1.165) is 12.1 Å². The van der Waals surface area contributed by atoms with Gasteiger partial charge in [-0.05, 0) is 38.7 Å². The smallest absolute Gasteiger partial charge is 0.256 e. The molecule has 19 heavy (non-hydrogen) atoms. The quantitative estimate of drug-likeness (QED) is 0.882. The van der Waals surface area contributed by atoms with E-state index < -0.39 is 0 Å². The summed E-state index contributed by atoms with van der Waals surface area (Å²) in [6.45, 7) is 2.75. The second-order valence-electron chi connectivity index (χ2n) is 4.82. The number of carbonyl (C=O) groups excluding carboxylic acids is 1. The van der Waals surface area contributed by atoms with Crippen LogP contribution in [0.3, 0.4) is 0 Å². The molecule has 0 saturated heterocycles. The Morgan fingerprint density at radius 1 is 1.32 bits per heavy atom. The highest BCUT2D eigenvalue weighted by Crippen LogP contribution is 2.12. The van der Waals surface area contributed by atoms with Gasteiger partial charge in [-0.2, -0.15) is 5.10 Å². The lowest BCUT2D eigenvalue weighted by Gasteiger charge is -2.10. The van der Waals surface area contributed by atoms with Crippen molar-refractivity contribution in [3.63, 3.8) is 0 Å². The van der Waals surface area contributed by atoms with Gasteiger partial charge < -0.3 is 10.2 Å². The minimum Gasteiger partial charge on any atom is -0.307 e. The Morgan fingerprint density at radius 3 is 2.53 bits per heavy atom. The number of aromatic nitrogens is 2. The Bertz CT molecular complexity index is 557. The van der Waals surface area contributed by atoms with E-state index in [9.17, 15) is 4.79 Å². The highest BCUT2D eigenvalue weighted by atomic mass is 16.1.